The van der Waals surface area contributed by atoms with Gasteiger partial charge < -0.3 is 4.18 Å². The highest BCUT2D eigenvalue weighted by atomic mass is 32.2. The van der Waals surface area contributed by atoms with E-state index in [0.29, 0.717) is 11.3 Å². The second kappa shape index (κ2) is 8.53. The smallest absolute Gasteiger partial charge is 0.339 e. The van der Waals surface area contributed by atoms with Crippen molar-refractivity contribution < 1.29 is 17.5 Å². The maximum atomic E-state index is 12.5. The molecule has 9 heteroatoms. The third-order valence-electron chi connectivity index (χ3n) is 3.90. The molecular weight excluding hydrogens is 394 g/mol. The fourth-order valence-corrected chi connectivity index (χ4v) is 3.32. The lowest BCUT2D eigenvalue weighted by Crippen LogP contribution is -2.11. The van der Waals surface area contributed by atoms with Gasteiger partial charge in [-0.25, -0.2) is 0 Å². The number of benzene rings is 3. The fourth-order valence-electron chi connectivity index (χ4n) is 2.37. The van der Waals surface area contributed by atoms with E-state index in [4.69, 9.17) is 4.18 Å². The van der Waals surface area contributed by atoms with Gasteiger partial charge in [0, 0.05) is 17.7 Å². The van der Waals surface area contributed by atoms with Crippen LogP contribution in [-0.2, 0) is 10.1 Å². The number of hydrogen-bond donors (Lipinski definition) is 1. The standard InChI is InChI=1S/C20H17N3O5S/c1-15-6-12-19(13-7-15)29(26,27)28-20-5-3-2-4-16(20)14-21-22-17-8-10-18(11-9-17)23(24)25/h2-14,22H,1H3. The molecule has 0 amide bonds. The van der Waals surface area contributed by atoms with Crippen LogP contribution in [-0.4, -0.2) is 19.6 Å². The van der Waals surface area contributed by atoms with Gasteiger partial charge in [-0.15, -0.1) is 0 Å². The quantitative estimate of drug-likeness (QED) is 0.271. The van der Waals surface area contributed by atoms with Crippen molar-refractivity contribution in [1.82, 2.24) is 0 Å². The summed E-state index contributed by atoms with van der Waals surface area (Å²) in [6, 6.07) is 18.6. The second-order valence-electron chi connectivity index (χ2n) is 6.06. The molecule has 1 N–H and O–H groups in total. The average molecular weight is 411 g/mol. The highest BCUT2D eigenvalue weighted by molar-refractivity contribution is 7.87. The van der Waals surface area contributed by atoms with Crippen LogP contribution in [0.1, 0.15) is 11.1 Å². The molecule has 0 atom stereocenters. The molecular formula is C20H17N3O5S. The van der Waals surface area contributed by atoms with Crippen LogP contribution in [0.25, 0.3) is 0 Å². The Morgan fingerprint density at radius 3 is 2.31 bits per heavy atom. The molecule has 148 valence electrons. The first kappa shape index (κ1) is 20.0. The zero-order valence-electron chi connectivity index (χ0n) is 15.3. The van der Waals surface area contributed by atoms with Gasteiger partial charge in [0.05, 0.1) is 16.8 Å². The van der Waals surface area contributed by atoms with E-state index in [1.54, 1.807) is 30.3 Å². The molecule has 0 heterocycles. The van der Waals surface area contributed by atoms with Crippen molar-refractivity contribution in [1.29, 1.82) is 0 Å². The first-order valence-corrected chi connectivity index (χ1v) is 9.90. The summed E-state index contributed by atoms with van der Waals surface area (Å²) in [6.45, 7) is 1.86. The second-order valence-corrected chi connectivity index (χ2v) is 7.61. The van der Waals surface area contributed by atoms with Crippen LogP contribution in [0.5, 0.6) is 5.75 Å². The number of nitro benzene ring substituents is 1. The third kappa shape index (κ3) is 5.17. The van der Waals surface area contributed by atoms with E-state index in [9.17, 15) is 18.5 Å². The van der Waals surface area contributed by atoms with Crippen LogP contribution in [0.2, 0.25) is 0 Å². The summed E-state index contributed by atoms with van der Waals surface area (Å²) >= 11 is 0. The predicted octanol–water partition coefficient (Wildman–Crippen LogP) is 4.12. The van der Waals surface area contributed by atoms with Crippen molar-refractivity contribution in [2.24, 2.45) is 5.10 Å². The minimum atomic E-state index is -3.99. The minimum Gasteiger partial charge on any atom is -0.378 e. The molecule has 0 saturated heterocycles. The van der Waals surface area contributed by atoms with E-state index in [1.165, 1.54) is 48.7 Å². The summed E-state index contributed by atoms with van der Waals surface area (Å²) in [4.78, 5) is 10.2. The number of aryl methyl sites for hydroxylation is 1. The summed E-state index contributed by atoms with van der Waals surface area (Å²) in [5.41, 5.74) is 4.62. The van der Waals surface area contributed by atoms with Crippen LogP contribution in [0.4, 0.5) is 11.4 Å². The molecule has 0 saturated carbocycles. The Labute approximate surface area is 167 Å². The van der Waals surface area contributed by atoms with Crippen molar-refractivity contribution in [3.63, 3.8) is 0 Å². The largest absolute Gasteiger partial charge is 0.378 e. The zero-order chi connectivity index (χ0) is 20.9. The summed E-state index contributed by atoms with van der Waals surface area (Å²) < 4.78 is 30.3. The van der Waals surface area contributed by atoms with Crippen LogP contribution in [0.15, 0.2) is 82.8 Å². The zero-order valence-corrected chi connectivity index (χ0v) is 16.2. The Morgan fingerprint density at radius 1 is 1.00 bits per heavy atom. The van der Waals surface area contributed by atoms with Gasteiger partial charge in [0.2, 0.25) is 0 Å². The first-order valence-electron chi connectivity index (χ1n) is 8.49. The summed E-state index contributed by atoms with van der Waals surface area (Å²) in [6.07, 6.45) is 1.40. The van der Waals surface area contributed by atoms with Gasteiger partial charge >= 0.3 is 10.1 Å². The van der Waals surface area contributed by atoms with Gasteiger partial charge in [-0.1, -0.05) is 29.8 Å². The van der Waals surface area contributed by atoms with Crippen LogP contribution in [0, 0.1) is 17.0 Å². The highest BCUT2D eigenvalue weighted by Gasteiger charge is 2.17. The number of anilines is 1. The van der Waals surface area contributed by atoms with Gasteiger partial charge in [-0.05, 0) is 43.3 Å². The van der Waals surface area contributed by atoms with Gasteiger partial charge in [0.15, 0.2) is 5.75 Å². The van der Waals surface area contributed by atoms with E-state index >= 15 is 0 Å². The first-order chi connectivity index (χ1) is 13.8. The van der Waals surface area contributed by atoms with E-state index in [-0.39, 0.29) is 16.3 Å². The van der Waals surface area contributed by atoms with E-state index in [1.807, 2.05) is 6.92 Å². The number of nitrogens with one attached hydrogen (secondary N) is 1. The van der Waals surface area contributed by atoms with Gasteiger partial charge in [-0.2, -0.15) is 13.5 Å². The molecule has 0 unspecified atom stereocenters. The number of nitrogens with zero attached hydrogens (tertiary/aromatic N) is 2. The number of hydrazone groups is 1. The third-order valence-corrected chi connectivity index (χ3v) is 5.15. The number of non-ortho nitro benzene ring substituents is 1. The molecule has 0 aliphatic rings. The summed E-state index contributed by atoms with van der Waals surface area (Å²) in [5, 5.41) is 14.7. The molecule has 3 aromatic rings. The summed E-state index contributed by atoms with van der Waals surface area (Å²) in [7, 11) is -3.99. The van der Waals surface area contributed by atoms with Gasteiger partial charge in [-0.3, -0.25) is 15.5 Å². The normalized spacial score (nSPS) is 11.3. The number of nitro groups is 1. The average Bonchev–Trinajstić information content (AvgIpc) is 2.70. The van der Waals surface area contributed by atoms with Crippen molar-refractivity contribution in [2.45, 2.75) is 11.8 Å². The Hall–Kier alpha value is -3.72. The van der Waals surface area contributed by atoms with E-state index in [0.717, 1.165) is 5.56 Å². The van der Waals surface area contributed by atoms with Crippen molar-refractivity contribution in [2.75, 3.05) is 5.43 Å². The topological polar surface area (TPSA) is 111 Å². The Kier molecular flexibility index (Phi) is 5.89. The van der Waals surface area contributed by atoms with Gasteiger partial charge in [0.25, 0.3) is 5.69 Å². The molecule has 0 aliphatic heterocycles. The summed E-state index contributed by atoms with van der Waals surface area (Å²) in [5.74, 6) is 0.127. The van der Waals surface area contributed by atoms with E-state index in [2.05, 4.69) is 10.5 Å². The molecule has 3 rings (SSSR count). The number of hydrogen-bond acceptors (Lipinski definition) is 7. The molecule has 0 spiro atoms. The molecule has 0 fully saturated rings. The number of para-hydroxylation sites is 1. The minimum absolute atomic E-state index is 0.0282. The molecule has 29 heavy (non-hydrogen) atoms. The molecule has 0 aliphatic carbocycles. The Balaban J connectivity index is 1.75. The maximum Gasteiger partial charge on any atom is 0.339 e. The van der Waals surface area contributed by atoms with Crippen molar-refractivity contribution in [3.8, 4) is 5.75 Å². The highest BCUT2D eigenvalue weighted by Crippen LogP contribution is 2.22. The number of rotatable bonds is 7. The molecule has 0 aromatic heterocycles. The Bertz CT molecular complexity index is 1140. The van der Waals surface area contributed by atoms with Crippen molar-refractivity contribution in [3.05, 3.63) is 94.0 Å². The lowest BCUT2D eigenvalue weighted by molar-refractivity contribution is -0.384. The molecule has 3 aromatic carbocycles. The maximum absolute atomic E-state index is 12.5. The lowest BCUT2D eigenvalue weighted by atomic mass is 10.2. The van der Waals surface area contributed by atoms with Crippen LogP contribution >= 0.6 is 0 Å². The SMILES string of the molecule is Cc1ccc(S(=O)(=O)Oc2ccccc2C=NNc2ccc([N+](=O)[O-])cc2)cc1. The monoisotopic (exact) mass is 411 g/mol. The van der Waals surface area contributed by atoms with E-state index < -0.39 is 15.0 Å². The molecule has 8 nitrogen and oxygen atoms in total. The molecule has 0 radical (unpaired) electrons. The molecule has 0 bridgehead atoms. The van der Waals surface area contributed by atoms with Gasteiger partial charge in [0.1, 0.15) is 4.90 Å². The Morgan fingerprint density at radius 2 is 1.66 bits per heavy atom. The van der Waals surface area contributed by atoms with Crippen LogP contribution in [0.3, 0.4) is 0 Å². The lowest BCUT2D eigenvalue weighted by Gasteiger charge is -2.09. The fraction of sp³-hybridized carbons (Fsp3) is 0.0500. The van der Waals surface area contributed by atoms with Crippen molar-refractivity contribution >= 4 is 27.7 Å². The predicted molar refractivity (Wildman–Crippen MR) is 110 cm³/mol. The van der Waals surface area contributed by atoms with Crippen LogP contribution < -0.4 is 9.61 Å².